The number of sulfone groups is 1. The van der Waals surface area contributed by atoms with Crippen LogP contribution in [0.15, 0.2) is 23.1 Å². The van der Waals surface area contributed by atoms with Crippen LogP contribution < -0.4 is 0 Å². The molecule has 0 fully saturated rings. The van der Waals surface area contributed by atoms with E-state index in [1.54, 1.807) is 0 Å². The van der Waals surface area contributed by atoms with Gasteiger partial charge in [0.1, 0.15) is 0 Å². The molecule has 1 aromatic rings. The lowest BCUT2D eigenvalue weighted by Gasteiger charge is -2.02. The number of benzene rings is 1. The van der Waals surface area contributed by atoms with Gasteiger partial charge in [0.2, 0.25) is 0 Å². The average molecular weight is 222 g/mol. The Balaban J connectivity index is 3.15. The van der Waals surface area contributed by atoms with Crippen LogP contribution in [0.1, 0.15) is 0 Å². The van der Waals surface area contributed by atoms with E-state index in [0.29, 0.717) is 6.07 Å². The van der Waals surface area contributed by atoms with Crippen LogP contribution in [0.5, 0.6) is 0 Å². The van der Waals surface area contributed by atoms with E-state index in [1.165, 1.54) is 0 Å². The second kappa shape index (κ2) is 4.02. The SMILES string of the molecule is O=S(=O)(CCO)c1ccc(F)c(F)c1. The first-order chi connectivity index (χ1) is 6.47. The Kier molecular flexibility index (Phi) is 3.17. The Labute approximate surface area is 79.9 Å². The number of aliphatic hydroxyl groups excluding tert-OH is 1. The van der Waals surface area contributed by atoms with E-state index < -0.39 is 33.8 Å². The Bertz CT molecular complexity index is 428. The number of hydrogen-bond acceptors (Lipinski definition) is 3. The second-order valence-electron chi connectivity index (χ2n) is 2.62. The van der Waals surface area contributed by atoms with Gasteiger partial charge in [0.15, 0.2) is 21.5 Å². The van der Waals surface area contributed by atoms with Crippen LogP contribution in [-0.2, 0) is 9.84 Å². The van der Waals surface area contributed by atoms with E-state index in [9.17, 15) is 17.2 Å². The zero-order valence-corrected chi connectivity index (χ0v) is 7.89. The van der Waals surface area contributed by atoms with Crippen molar-refractivity contribution in [3.05, 3.63) is 29.8 Å². The first-order valence-electron chi connectivity index (χ1n) is 3.76. The van der Waals surface area contributed by atoms with Crippen LogP contribution in [0.3, 0.4) is 0 Å². The highest BCUT2D eigenvalue weighted by molar-refractivity contribution is 7.91. The summed E-state index contributed by atoms with van der Waals surface area (Å²) in [5.41, 5.74) is 0. The van der Waals surface area contributed by atoms with Crippen molar-refractivity contribution in [1.29, 1.82) is 0 Å². The standard InChI is InChI=1S/C8H8F2O3S/c9-7-2-1-6(5-8(7)10)14(12,13)4-3-11/h1-2,5,11H,3-4H2. The topological polar surface area (TPSA) is 54.4 Å². The highest BCUT2D eigenvalue weighted by Crippen LogP contribution is 2.14. The second-order valence-corrected chi connectivity index (χ2v) is 4.73. The number of hydrogen-bond donors (Lipinski definition) is 1. The van der Waals surface area contributed by atoms with Gasteiger partial charge in [-0.05, 0) is 18.2 Å². The Morgan fingerprint density at radius 3 is 2.36 bits per heavy atom. The molecule has 14 heavy (non-hydrogen) atoms. The first-order valence-corrected chi connectivity index (χ1v) is 5.41. The maximum Gasteiger partial charge on any atom is 0.180 e. The molecule has 0 heterocycles. The highest BCUT2D eigenvalue weighted by Gasteiger charge is 2.15. The van der Waals surface area contributed by atoms with Crippen molar-refractivity contribution in [1.82, 2.24) is 0 Å². The van der Waals surface area contributed by atoms with Gasteiger partial charge in [-0.3, -0.25) is 0 Å². The van der Waals surface area contributed by atoms with Gasteiger partial charge in [-0.25, -0.2) is 17.2 Å². The summed E-state index contributed by atoms with van der Waals surface area (Å²) in [5.74, 6) is -2.82. The zero-order valence-electron chi connectivity index (χ0n) is 7.07. The molecule has 1 N–H and O–H groups in total. The molecule has 1 rings (SSSR count). The summed E-state index contributed by atoms with van der Waals surface area (Å²) in [7, 11) is -3.71. The van der Waals surface area contributed by atoms with Crippen molar-refractivity contribution >= 4 is 9.84 Å². The summed E-state index contributed by atoms with van der Waals surface area (Å²) in [6, 6.07) is 2.29. The summed E-state index contributed by atoms with van der Waals surface area (Å²) >= 11 is 0. The molecule has 0 aromatic heterocycles. The number of halogens is 2. The van der Waals surface area contributed by atoms with Crippen LogP contribution in [0.25, 0.3) is 0 Å². The Hall–Kier alpha value is -1.01. The molecule has 0 atom stereocenters. The van der Waals surface area contributed by atoms with Gasteiger partial charge in [0.05, 0.1) is 17.3 Å². The summed E-state index contributed by atoms with van der Waals surface area (Å²) in [6.45, 7) is -0.554. The fourth-order valence-corrected chi connectivity index (χ4v) is 1.94. The molecule has 0 aliphatic carbocycles. The third-order valence-electron chi connectivity index (χ3n) is 1.61. The minimum Gasteiger partial charge on any atom is -0.395 e. The van der Waals surface area contributed by atoms with E-state index in [1.807, 2.05) is 0 Å². The Morgan fingerprint density at radius 1 is 1.21 bits per heavy atom. The molecule has 78 valence electrons. The molecule has 0 saturated carbocycles. The van der Waals surface area contributed by atoms with Crippen LogP contribution in [-0.4, -0.2) is 25.9 Å². The molecule has 0 unspecified atom stereocenters. The molecule has 0 radical (unpaired) electrons. The smallest absolute Gasteiger partial charge is 0.180 e. The van der Waals surface area contributed by atoms with E-state index in [4.69, 9.17) is 5.11 Å². The van der Waals surface area contributed by atoms with Crippen LogP contribution in [0.2, 0.25) is 0 Å². The molecule has 0 aliphatic rings. The lowest BCUT2D eigenvalue weighted by molar-refractivity contribution is 0.319. The summed E-state index contributed by atoms with van der Waals surface area (Å²) in [4.78, 5) is -0.328. The van der Waals surface area contributed by atoms with Gasteiger partial charge in [0.25, 0.3) is 0 Å². The number of rotatable bonds is 3. The Morgan fingerprint density at radius 2 is 1.86 bits per heavy atom. The molecule has 0 amide bonds. The molecule has 0 bridgehead atoms. The fourth-order valence-electron chi connectivity index (χ4n) is 0.908. The van der Waals surface area contributed by atoms with Gasteiger partial charge >= 0.3 is 0 Å². The van der Waals surface area contributed by atoms with Crippen molar-refractivity contribution in [2.75, 3.05) is 12.4 Å². The predicted octanol–water partition coefficient (Wildman–Crippen LogP) is 0.731. The van der Waals surface area contributed by atoms with Gasteiger partial charge in [-0.2, -0.15) is 0 Å². The van der Waals surface area contributed by atoms with E-state index >= 15 is 0 Å². The molecule has 6 heteroatoms. The van der Waals surface area contributed by atoms with E-state index in [-0.39, 0.29) is 4.90 Å². The van der Waals surface area contributed by atoms with Crippen molar-refractivity contribution in [2.45, 2.75) is 4.90 Å². The lowest BCUT2D eigenvalue weighted by Crippen LogP contribution is -2.10. The van der Waals surface area contributed by atoms with Gasteiger partial charge < -0.3 is 5.11 Å². The number of aliphatic hydroxyl groups is 1. The molecular formula is C8H8F2O3S. The first kappa shape index (κ1) is 11.1. The van der Waals surface area contributed by atoms with E-state index in [2.05, 4.69) is 0 Å². The highest BCUT2D eigenvalue weighted by atomic mass is 32.2. The zero-order chi connectivity index (χ0) is 10.8. The van der Waals surface area contributed by atoms with Crippen LogP contribution in [0.4, 0.5) is 8.78 Å². The van der Waals surface area contributed by atoms with Crippen molar-refractivity contribution in [3.8, 4) is 0 Å². The normalized spacial score (nSPS) is 11.6. The van der Waals surface area contributed by atoms with Gasteiger partial charge in [-0.1, -0.05) is 0 Å². The fraction of sp³-hybridized carbons (Fsp3) is 0.250. The summed E-state index contributed by atoms with van der Waals surface area (Å²) < 4.78 is 47.6. The molecule has 0 aliphatic heterocycles. The molecule has 0 saturated heterocycles. The van der Waals surface area contributed by atoms with E-state index in [0.717, 1.165) is 12.1 Å². The van der Waals surface area contributed by atoms with Gasteiger partial charge in [0, 0.05) is 0 Å². The summed E-state index contributed by atoms with van der Waals surface area (Å²) in [5, 5.41) is 8.44. The summed E-state index contributed by atoms with van der Waals surface area (Å²) in [6.07, 6.45) is 0. The predicted molar refractivity (Wildman–Crippen MR) is 45.5 cm³/mol. The van der Waals surface area contributed by atoms with Crippen LogP contribution >= 0.6 is 0 Å². The van der Waals surface area contributed by atoms with Crippen LogP contribution in [0, 0.1) is 11.6 Å². The third kappa shape index (κ3) is 2.27. The average Bonchev–Trinajstić information content (AvgIpc) is 2.09. The molecule has 0 spiro atoms. The monoisotopic (exact) mass is 222 g/mol. The van der Waals surface area contributed by atoms with Crippen molar-refractivity contribution in [3.63, 3.8) is 0 Å². The minimum absolute atomic E-state index is 0.328. The molecule has 1 aromatic carbocycles. The van der Waals surface area contributed by atoms with Crippen molar-refractivity contribution < 1.29 is 22.3 Å². The molecule has 3 nitrogen and oxygen atoms in total. The largest absolute Gasteiger partial charge is 0.395 e. The maximum atomic E-state index is 12.6. The maximum absolute atomic E-state index is 12.6. The minimum atomic E-state index is -3.71. The lowest BCUT2D eigenvalue weighted by atomic mass is 10.3. The third-order valence-corrected chi connectivity index (χ3v) is 3.30. The quantitative estimate of drug-likeness (QED) is 0.767. The van der Waals surface area contributed by atoms with Crippen molar-refractivity contribution in [2.24, 2.45) is 0 Å². The van der Waals surface area contributed by atoms with Gasteiger partial charge in [-0.15, -0.1) is 0 Å². The molecular weight excluding hydrogens is 214 g/mol.